The Hall–Kier alpha value is -1.23. The lowest BCUT2D eigenvalue weighted by Crippen LogP contribution is -2.21. The molecule has 2 aromatic carbocycles. The highest BCUT2D eigenvalue weighted by atomic mass is 79.9. The molecule has 3 N–H and O–H groups in total. The van der Waals surface area contributed by atoms with E-state index < -0.39 is 11.9 Å². The molecule has 0 spiro atoms. The molecule has 2 atom stereocenters. The smallest absolute Gasteiger partial charge is 0.143 e. The molecular weight excluding hydrogens is 321 g/mol. The predicted molar refractivity (Wildman–Crippen MR) is 82.0 cm³/mol. The van der Waals surface area contributed by atoms with E-state index in [-0.39, 0.29) is 18.0 Å². The van der Waals surface area contributed by atoms with Gasteiger partial charge in [-0.1, -0.05) is 42.0 Å². The summed E-state index contributed by atoms with van der Waals surface area (Å²) in [5, 5.41) is 10.5. The van der Waals surface area contributed by atoms with E-state index in [2.05, 4.69) is 15.9 Å². The molecule has 2 rings (SSSR count). The van der Waals surface area contributed by atoms with E-state index >= 15 is 0 Å². The third kappa shape index (κ3) is 3.08. The standard InChI is InChI=1S/C16H17BrFNO/c1-10-5-7-11(8-6-10)13(9-19)16(20)12-3-2-4-14(17)15(12)18/h2-8,13,16,20H,9,19H2,1H3. The van der Waals surface area contributed by atoms with E-state index in [4.69, 9.17) is 5.73 Å². The zero-order chi connectivity index (χ0) is 14.7. The largest absolute Gasteiger partial charge is 0.388 e. The second-order valence-electron chi connectivity index (χ2n) is 4.84. The Morgan fingerprint density at radius 3 is 2.45 bits per heavy atom. The van der Waals surface area contributed by atoms with Gasteiger partial charge in [0.2, 0.25) is 0 Å². The Balaban J connectivity index is 2.36. The van der Waals surface area contributed by atoms with E-state index in [1.54, 1.807) is 18.2 Å². The summed E-state index contributed by atoms with van der Waals surface area (Å²) in [7, 11) is 0. The molecule has 0 heterocycles. The molecule has 0 aliphatic rings. The van der Waals surface area contributed by atoms with Crippen LogP contribution in [0.4, 0.5) is 4.39 Å². The summed E-state index contributed by atoms with van der Waals surface area (Å²) >= 11 is 3.13. The molecule has 0 radical (unpaired) electrons. The Morgan fingerprint density at radius 1 is 1.20 bits per heavy atom. The SMILES string of the molecule is Cc1ccc(C(CN)C(O)c2cccc(Br)c2F)cc1. The van der Waals surface area contributed by atoms with Gasteiger partial charge in [-0.3, -0.25) is 0 Å². The minimum Gasteiger partial charge on any atom is -0.388 e. The molecule has 0 saturated carbocycles. The Labute approximate surface area is 126 Å². The van der Waals surface area contributed by atoms with Gasteiger partial charge < -0.3 is 10.8 Å². The number of benzene rings is 2. The van der Waals surface area contributed by atoms with Gasteiger partial charge in [0.25, 0.3) is 0 Å². The van der Waals surface area contributed by atoms with Crippen LogP contribution in [0.1, 0.15) is 28.7 Å². The Bertz CT molecular complexity index is 586. The van der Waals surface area contributed by atoms with Gasteiger partial charge in [-0.05, 0) is 34.5 Å². The topological polar surface area (TPSA) is 46.2 Å². The van der Waals surface area contributed by atoms with Crippen molar-refractivity contribution in [1.29, 1.82) is 0 Å². The maximum absolute atomic E-state index is 14.1. The molecule has 20 heavy (non-hydrogen) atoms. The quantitative estimate of drug-likeness (QED) is 0.893. The molecule has 0 aromatic heterocycles. The van der Waals surface area contributed by atoms with E-state index in [0.717, 1.165) is 11.1 Å². The molecule has 106 valence electrons. The highest BCUT2D eigenvalue weighted by Gasteiger charge is 2.24. The van der Waals surface area contributed by atoms with Gasteiger partial charge in [0.05, 0.1) is 10.6 Å². The highest BCUT2D eigenvalue weighted by Crippen LogP contribution is 2.33. The summed E-state index contributed by atoms with van der Waals surface area (Å²) in [5.74, 6) is -0.773. The fourth-order valence-corrected chi connectivity index (χ4v) is 2.61. The Kier molecular flexibility index (Phi) is 4.91. The van der Waals surface area contributed by atoms with Crippen molar-refractivity contribution < 1.29 is 9.50 Å². The molecule has 4 heteroatoms. The maximum atomic E-state index is 14.1. The van der Waals surface area contributed by atoms with Crippen LogP contribution in [0, 0.1) is 12.7 Å². The van der Waals surface area contributed by atoms with E-state index in [1.165, 1.54) is 0 Å². The van der Waals surface area contributed by atoms with Crippen LogP contribution in [-0.4, -0.2) is 11.7 Å². The number of aliphatic hydroxyl groups is 1. The van der Waals surface area contributed by atoms with Crippen molar-refractivity contribution in [2.75, 3.05) is 6.54 Å². The molecule has 2 unspecified atom stereocenters. The van der Waals surface area contributed by atoms with E-state index in [0.29, 0.717) is 4.47 Å². The van der Waals surface area contributed by atoms with Crippen LogP contribution in [0.25, 0.3) is 0 Å². The second kappa shape index (κ2) is 6.48. The van der Waals surface area contributed by atoms with Gasteiger partial charge in [-0.15, -0.1) is 0 Å². The summed E-state index contributed by atoms with van der Waals surface area (Å²) in [4.78, 5) is 0. The molecule has 0 fully saturated rings. The van der Waals surface area contributed by atoms with Crippen LogP contribution in [0.5, 0.6) is 0 Å². The third-order valence-corrected chi connectivity index (χ3v) is 4.05. The minimum atomic E-state index is -0.972. The van der Waals surface area contributed by atoms with Crippen LogP contribution < -0.4 is 5.73 Å². The van der Waals surface area contributed by atoms with Gasteiger partial charge >= 0.3 is 0 Å². The van der Waals surface area contributed by atoms with Gasteiger partial charge in [-0.2, -0.15) is 0 Å². The van der Waals surface area contributed by atoms with Crippen molar-refractivity contribution in [1.82, 2.24) is 0 Å². The van der Waals surface area contributed by atoms with Crippen molar-refractivity contribution in [3.8, 4) is 0 Å². The summed E-state index contributed by atoms with van der Waals surface area (Å²) in [6.07, 6.45) is -0.972. The molecule has 0 amide bonds. The number of aliphatic hydroxyl groups excluding tert-OH is 1. The van der Waals surface area contributed by atoms with Crippen LogP contribution in [-0.2, 0) is 0 Å². The summed E-state index contributed by atoms with van der Waals surface area (Å²) in [5.41, 5.74) is 8.07. The first-order valence-corrected chi connectivity index (χ1v) is 7.22. The maximum Gasteiger partial charge on any atom is 0.143 e. The molecule has 0 aliphatic heterocycles. The fraction of sp³-hybridized carbons (Fsp3) is 0.250. The Morgan fingerprint density at radius 2 is 1.85 bits per heavy atom. The average molecular weight is 338 g/mol. The summed E-state index contributed by atoms with van der Waals surface area (Å²) in [6, 6.07) is 12.7. The van der Waals surface area contributed by atoms with E-state index in [9.17, 15) is 9.50 Å². The van der Waals surface area contributed by atoms with Gasteiger partial charge in [0.15, 0.2) is 0 Å². The number of aryl methyl sites for hydroxylation is 1. The lowest BCUT2D eigenvalue weighted by atomic mass is 9.88. The molecule has 2 aromatic rings. The van der Waals surface area contributed by atoms with Gasteiger partial charge in [0, 0.05) is 18.0 Å². The number of hydrogen-bond acceptors (Lipinski definition) is 2. The number of hydrogen-bond donors (Lipinski definition) is 2. The first kappa shape index (κ1) is 15.2. The van der Waals surface area contributed by atoms with Crippen molar-refractivity contribution in [2.24, 2.45) is 5.73 Å². The van der Waals surface area contributed by atoms with Crippen LogP contribution >= 0.6 is 15.9 Å². The minimum absolute atomic E-state index is 0.246. The van der Waals surface area contributed by atoms with Crippen molar-refractivity contribution in [3.05, 3.63) is 69.4 Å². The number of rotatable bonds is 4. The van der Waals surface area contributed by atoms with Crippen molar-refractivity contribution in [2.45, 2.75) is 18.9 Å². The first-order valence-electron chi connectivity index (χ1n) is 6.43. The van der Waals surface area contributed by atoms with Gasteiger partial charge in [-0.25, -0.2) is 4.39 Å². The monoisotopic (exact) mass is 337 g/mol. The summed E-state index contributed by atoms with van der Waals surface area (Å²) < 4.78 is 14.4. The molecular formula is C16H17BrFNO. The first-order chi connectivity index (χ1) is 9.54. The molecule has 0 saturated heterocycles. The lowest BCUT2D eigenvalue weighted by molar-refractivity contribution is 0.143. The average Bonchev–Trinajstić information content (AvgIpc) is 2.44. The second-order valence-corrected chi connectivity index (χ2v) is 5.70. The normalized spacial score (nSPS) is 14.1. The lowest BCUT2D eigenvalue weighted by Gasteiger charge is -2.23. The van der Waals surface area contributed by atoms with Crippen LogP contribution in [0.15, 0.2) is 46.9 Å². The molecule has 0 bridgehead atoms. The van der Waals surface area contributed by atoms with Crippen LogP contribution in [0.2, 0.25) is 0 Å². The van der Waals surface area contributed by atoms with Crippen LogP contribution in [0.3, 0.4) is 0 Å². The number of halogens is 2. The fourth-order valence-electron chi connectivity index (χ4n) is 2.23. The third-order valence-electron chi connectivity index (χ3n) is 3.44. The van der Waals surface area contributed by atoms with Gasteiger partial charge in [0.1, 0.15) is 5.82 Å². The number of nitrogens with two attached hydrogens (primary N) is 1. The zero-order valence-corrected chi connectivity index (χ0v) is 12.8. The van der Waals surface area contributed by atoms with E-state index in [1.807, 2.05) is 31.2 Å². The molecule has 0 aliphatic carbocycles. The predicted octanol–water partition coefficient (Wildman–Crippen LogP) is 3.67. The van der Waals surface area contributed by atoms with Crippen molar-refractivity contribution >= 4 is 15.9 Å². The summed E-state index contributed by atoms with van der Waals surface area (Å²) in [6.45, 7) is 2.24. The molecule has 2 nitrogen and oxygen atoms in total. The van der Waals surface area contributed by atoms with Crippen molar-refractivity contribution in [3.63, 3.8) is 0 Å². The highest BCUT2D eigenvalue weighted by molar-refractivity contribution is 9.10. The zero-order valence-electron chi connectivity index (χ0n) is 11.2.